The number of piperazine rings is 1. The predicted molar refractivity (Wildman–Crippen MR) is 71.7 cm³/mol. The summed E-state index contributed by atoms with van der Waals surface area (Å²) in [4.78, 5) is 5.06. The lowest BCUT2D eigenvalue weighted by Gasteiger charge is -2.44. The van der Waals surface area contributed by atoms with Crippen LogP contribution in [0.4, 0.5) is 0 Å². The molecule has 0 radical (unpaired) electrons. The molecule has 1 heterocycles. The molecule has 0 spiro atoms. The summed E-state index contributed by atoms with van der Waals surface area (Å²) >= 11 is 0. The van der Waals surface area contributed by atoms with Gasteiger partial charge in [0.05, 0.1) is 0 Å². The van der Waals surface area contributed by atoms with Crippen LogP contribution < -0.4 is 0 Å². The summed E-state index contributed by atoms with van der Waals surface area (Å²) in [5, 5.41) is 0. The zero-order valence-electron chi connectivity index (χ0n) is 11.3. The summed E-state index contributed by atoms with van der Waals surface area (Å²) in [6.45, 7) is 21.2. The molecule has 0 unspecified atom stereocenters. The van der Waals surface area contributed by atoms with E-state index in [0.717, 1.165) is 26.2 Å². The van der Waals surface area contributed by atoms with Crippen LogP contribution in [0.15, 0.2) is 24.3 Å². The summed E-state index contributed by atoms with van der Waals surface area (Å²) in [6, 6.07) is 1.22. The van der Waals surface area contributed by atoms with E-state index in [2.05, 4.69) is 50.7 Å². The first-order valence-corrected chi connectivity index (χ1v) is 6.17. The predicted octanol–water partition coefficient (Wildman–Crippen LogP) is 2.53. The summed E-state index contributed by atoms with van der Waals surface area (Å²) in [6.07, 6.45) is 0. The molecule has 0 aliphatic carbocycles. The second-order valence-corrected chi connectivity index (χ2v) is 5.48. The SMILES string of the molecule is C=C(C)CN1C[C@@H](C)N(CC(=C)C)[C@@H](C)C1. The van der Waals surface area contributed by atoms with Gasteiger partial charge in [-0.25, -0.2) is 0 Å². The summed E-state index contributed by atoms with van der Waals surface area (Å²) in [5.41, 5.74) is 2.51. The molecule has 0 N–H and O–H groups in total. The van der Waals surface area contributed by atoms with Gasteiger partial charge in [0, 0.05) is 38.3 Å². The monoisotopic (exact) mass is 222 g/mol. The van der Waals surface area contributed by atoms with Gasteiger partial charge in [-0.3, -0.25) is 9.80 Å². The highest BCUT2D eigenvalue weighted by Crippen LogP contribution is 2.17. The van der Waals surface area contributed by atoms with Crippen molar-refractivity contribution in [1.82, 2.24) is 9.80 Å². The molecule has 0 bridgehead atoms. The van der Waals surface area contributed by atoms with Crippen LogP contribution in [0, 0.1) is 0 Å². The van der Waals surface area contributed by atoms with Gasteiger partial charge in [0.1, 0.15) is 0 Å². The van der Waals surface area contributed by atoms with Crippen molar-refractivity contribution in [1.29, 1.82) is 0 Å². The van der Waals surface area contributed by atoms with Crippen LogP contribution in [0.3, 0.4) is 0 Å². The third-order valence-electron chi connectivity index (χ3n) is 3.12. The molecule has 2 atom stereocenters. The quantitative estimate of drug-likeness (QED) is 0.674. The largest absolute Gasteiger partial charge is 0.296 e. The average molecular weight is 222 g/mol. The Balaban J connectivity index is 2.56. The number of rotatable bonds is 4. The fourth-order valence-corrected chi connectivity index (χ4v) is 2.60. The maximum atomic E-state index is 4.02. The first kappa shape index (κ1) is 13.5. The van der Waals surface area contributed by atoms with E-state index in [0.29, 0.717) is 12.1 Å². The van der Waals surface area contributed by atoms with Crippen molar-refractivity contribution >= 4 is 0 Å². The van der Waals surface area contributed by atoms with Gasteiger partial charge >= 0.3 is 0 Å². The van der Waals surface area contributed by atoms with Crippen molar-refractivity contribution in [3.8, 4) is 0 Å². The Hall–Kier alpha value is -0.600. The van der Waals surface area contributed by atoms with Gasteiger partial charge in [-0.05, 0) is 27.7 Å². The van der Waals surface area contributed by atoms with Crippen molar-refractivity contribution in [2.45, 2.75) is 39.8 Å². The minimum absolute atomic E-state index is 0.611. The molecule has 0 aromatic carbocycles. The molecule has 2 nitrogen and oxygen atoms in total. The van der Waals surface area contributed by atoms with Crippen LogP contribution in [-0.2, 0) is 0 Å². The molecule has 0 aromatic heterocycles. The summed E-state index contributed by atoms with van der Waals surface area (Å²) in [7, 11) is 0. The molecule has 1 rings (SSSR count). The maximum absolute atomic E-state index is 4.02. The highest BCUT2D eigenvalue weighted by atomic mass is 15.3. The Labute approximate surface area is 101 Å². The normalized spacial score (nSPS) is 28.0. The van der Waals surface area contributed by atoms with Gasteiger partial charge in [0.2, 0.25) is 0 Å². The standard InChI is InChI=1S/C14H26N2/c1-11(2)7-15-9-13(5)16(8-12(3)4)14(6)10-15/h13-14H,1,3,7-10H2,2,4-6H3/t13-,14+. The van der Waals surface area contributed by atoms with Gasteiger partial charge in [0.25, 0.3) is 0 Å². The summed E-state index contributed by atoms with van der Waals surface area (Å²) in [5.74, 6) is 0. The van der Waals surface area contributed by atoms with E-state index in [-0.39, 0.29) is 0 Å². The second-order valence-electron chi connectivity index (χ2n) is 5.48. The lowest BCUT2D eigenvalue weighted by atomic mass is 10.1. The van der Waals surface area contributed by atoms with Crippen LogP contribution in [-0.4, -0.2) is 48.1 Å². The maximum Gasteiger partial charge on any atom is 0.0201 e. The Morgan fingerprint density at radius 1 is 1.00 bits per heavy atom. The van der Waals surface area contributed by atoms with Crippen molar-refractivity contribution in [3.05, 3.63) is 24.3 Å². The van der Waals surface area contributed by atoms with Crippen LogP contribution in [0.1, 0.15) is 27.7 Å². The third-order valence-corrected chi connectivity index (χ3v) is 3.12. The topological polar surface area (TPSA) is 6.48 Å². The molecular weight excluding hydrogens is 196 g/mol. The van der Waals surface area contributed by atoms with Crippen LogP contribution in [0.25, 0.3) is 0 Å². The molecule has 16 heavy (non-hydrogen) atoms. The first-order valence-electron chi connectivity index (χ1n) is 6.17. The lowest BCUT2D eigenvalue weighted by molar-refractivity contribution is 0.0515. The minimum Gasteiger partial charge on any atom is -0.296 e. The van der Waals surface area contributed by atoms with Crippen molar-refractivity contribution in [3.63, 3.8) is 0 Å². The Bertz CT molecular complexity index is 258. The van der Waals surface area contributed by atoms with Gasteiger partial charge < -0.3 is 0 Å². The highest BCUT2D eigenvalue weighted by molar-refractivity contribution is 4.99. The van der Waals surface area contributed by atoms with Crippen LogP contribution >= 0.6 is 0 Å². The van der Waals surface area contributed by atoms with Crippen molar-refractivity contribution in [2.75, 3.05) is 26.2 Å². The van der Waals surface area contributed by atoms with Gasteiger partial charge in [-0.2, -0.15) is 0 Å². The smallest absolute Gasteiger partial charge is 0.0201 e. The average Bonchev–Trinajstić information content (AvgIpc) is 2.10. The number of hydrogen-bond donors (Lipinski definition) is 0. The van der Waals surface area contributed by atoms with E-state index in [1.165, 1.54) is 11.1 Å². The molecule has 2 heteroatoms. The molecule has 1 aliphatic rings. The van der Waals surface area contributed by atoms with E-state index in [1.54, 1.807) is 0 Å². The molecule has 1 saturated heterocycles. The van der Waals surface area contributed by atoms with Crippen LogP contribution in [0.5, 0.6) is 0 Å². The molecular formula is C14H26N2. The fourth-order valence-electron chi connectivity index (χ4n) is 2.60. The summed E-state index contributed by atoms with van der Waals surface area (Å²) < 4.78 is 0. The van der Waals surface area contributed by atoms with E-state index >= 15 is 0 Å². The Kier molecular flexibility index (Phi) is 4.75. The number of hydrogen-bond acceptors (Lipinski definition) is 2. The van der Waals surface area contributed by atoms with Gasteiger partial charge in [0.15, 0.2) is 0 Å². The van der Waals surface area contributed by atoms with Gasteiger partial charge in [-0.1, -0.05) is 24.3 Å². The van der Waals surface area contributed by atoms with Gasteiger partial charge in [-0.15, -0.1) is 0 Å². The van der Waals surface area contributed by atoms with Crippen LogP contribution in [0.2, 0.25) is 0 Å². The van der Waals surface area contributed by atoms with Crippen molar-refractivity contribution < 1.29 is 0 Å². The number of nitrogens with zero attached hydrogens (tertiary/aromatic N) is 2. The second kappa shape index (κ2) is 5.65. The molecule has 92 valence electrons. The first-order chi connectivity index (χ1) is 7.40. The van der Waals surface area contributed by atoms with E-state index in [4.69, 9.17) is 0 Å². The molecule has 0 saturated carbocycles. The minimum atomic E-state index is 0.611. The highest BCUT2D eigenvalue weighted by Gasteiger charge is 2.28. The van der Waals surface area contributed by atoms with E-state index in [1.807, 2.05) is 0 Å². The molecule has 0 aromatic rings. The van der Waals surface area contributed by atoms with E-state index < -0.39 is 0 Å². The fraction of sp³-hybridized carbons (Fsp3) is 0.714. The van der Waals surface area contributed by atoms with Crippen molar-refractivity contribution in [2.24, 2.45) is 0 Å². The van der Waals surface area contributed by atoms with E-state index in [9.17, 15) is 0 Å². The lowest BCUT2D eigenvalue weighted by Crippen LogP contribution is -2.57. The molecule has 1 aliphatic heterocycles. The Morgan fingerprint density at radius 3 is 1.81 bits per heavy atom. The molecule has 1 fully saturated rings. The Morgan fingerprint density at radius 2 is 1.44 bits per heavy atom. The zero-order valence-corrected chi connectivity index (χ0v) is 11.3. The zero-order chi connectivity index (χ0) is 12.3. The third kappa shape index (κ3) is 3.76. The molecule has 0 amide bonds.